The van der Waals surface area contributed by atoms with Crippen molar-refractivity contribution in [3.05, 3.63) is 107 Å². The van der Waals surface area contributed by atoms with Crippen LogP contribution in [0.3, 0.4) is 0 Å². The van der Waals surface area contributed by atoms with Gasteiger partial charge >= 0.3 is 0 Å². The third-order valence-electron chi connectivity index (χ3n) is 4.26. The zero-order chi connectivity index (χ0) is 20.1. The van der Waals surface area contributed by atoms with Crippen molar-refractivity contribution in [2.45, 2.75) is 0 Å². The monoisotopic (exact) mass is 400 g/mol. The fourth-order valence-corrected chi connectivity index (χ4v) is 3.07. The summed E-state index contributed by atoms with van der Waals surface area (Å²) < 4.78 is 1.69. The molecule has 0 aliphatic carbocycles. The van der Waals surface area contributed by atoms with Gasteiger partial charge in [0.05, 0.1) is 17.5 Å². The molecule has 3 aromatic carbocycles. The summed E-state index contributed by atoms with van der Waals surface area (Å²) in [4.78, 5) is 12.8. The van der Waals surface area contributed by atoms with Crippen molar-refractivity contribution < 1.29 is 4.79 Å². The molecule has 5 nitrogen and oxygen atoms in total. The predicted molar refractivity (Wildman–Crippen MR) is 116 cm³/mol. The maximum atomic E-state index is 12.8. The fourth-order valence-electron chi connectivity index (χ4n) is 2.87. The Bertz CT molecular complexity index is 1150. The lowest BCUT2D eigenvalue weighted by Gasteiger charge is -2.01. The van der Waals surface area contributed by atoms with Crippen molar-refractivity contribution in [2.75, 3.05) is 0 Å². The van der Waals surface area contributed by atoms with Crippen LogP contribution in [-0.4, -0.2) is 21.9 Å². The molecule has 4 rings (SSSR count). The first-order chi connectivity index (χ1) is 14.2. The highest BCUT2D eigenvalue weighted by molar-refractivity contribution is 6.30. The second kappa shape index (κ2) is 8.54. The summed E-state index contributed by atoms with van der Waals surface area (Å²) in [6, 6.07) is 26.5. The van der Waals surface area contributed by atoms with E-state index in [-0.39, 0.29) is 5.91 Å². The first-order valence-corrected chi connectivity index (χ1v) is 9.38. The van der Waals surface area contributed by atoms with Crippen molar-refractivity contribution >= 4 is 23.7 Å². The van der Waals surface area contributed by atoms with Crippen LogP contribution in [0.2, 0.25) is 5.02 Å². The van der Waals surface area contributed by atoms with Crippen molar-refractivity contribution in [3.63, 3.8) is 0 Å². The van der Waals surface area contributed by atoms with Gasteiger partial charge in [0.15, 0.2) is 0 Å². The molecule has 0 fully saturated rings. The minimum Gasteiger partial charge on any atom is -0.267 e. The molecule has 4 aromatic rings. The van der Waals surface area contributed by atoms with Crippen LogP contribution in [0.5, 0.6) is 0 Å². The fraction of sp³-hybridized carbons (Fsp3) is 0. The number of hydrazone groups is 1. The normalized spacial score (nSPS) is 10.9. The number of para-hydroxylation sites is 1. The topological polar surface area (TPSA) is 59.3 Å². The molecule has 0 aliphatic rings. The van der Waals surface area contributed by atoms with Gasteiger partial charge in [0, 0.05) is 16.8 Å². The number of carbonyl (C=O) groups is 1. The molecule has 0 radical (unpaired) electrons. The highest BCUT2D eigenvalue weighted by atomic mass is 35.5. The van der Waals surface area contributed by atoms with Gasteiger partial charge in [0.2, 0.25) is 0 Å². The molecule has 0 saturated heterocycles. The van der Waals surface area contributed by atoms with E-state index in [0.717, 1.165) is 16.8 Å². The third kappa shape index (κ3) is 4.42. The van der Waals surface area contributed by atoms with Crippen molar-refractivity contribution in [1.29, 1.82) is 0 Å². The standard InChI is InChI=1S/C23H17ClN4O/c24-19-11-7-8-17(14-19)15-25-26-23(29)21-16-28(20-12-5-2-6-13-20)27-22(21)18-9-3-1-4-10-18/h1-16H,(H,26,29)/b25-15+. The lowest BCUT2D eigenvalue weighted by Crippen LogP contribution is -2.17. The van der Waals surface area contributed by atoms with E-state index < -0.39 is 0 Å². The van der Waals surface area contributed by atoms with Crippen LogP contribution in [0.15, 0.2) is 96.2 Å². The van der Waals surface area contributed by atoms with E-state index in [1.54, 1.807) is 29.2 Å². The maximum Gasteiger partial charge on any atom is 0.275 e. The molecule has 1 amide bonds. The Balaban J connectivity index is 1.64. The Hall–Kier alpha value is -3.70. The molecule has 0 saturated carbocycles. The van der Waals surface area contributed by atoms with Crippen molar-refractivity contribution in [2.24, 2.45) is 5.10 Å². The number of amides is 1. The predicted octanol–water partition coefficient (Wildman–Crippen LogP) is 4.96. The van der Waals surface area contributed by atoms with Crippen molar-refractivity contribution in [3.8, 4) is 16.9 Å². The zero-order valence-corrected chi connectivity index (χ0v) is 16.1. The van der Waals surface area contributed by atoms with Gasteiger partial charge < -0.3 is 0 Å². The van der Waals surface area contributed by atoms with E-state index >= 15 is 0 Å². The summed E-state index contributed by atoms with van der Waals surface area (Å²) in [6.45, 7) is 0. The van der Waals surface area contributed by atoms with E-state index in [1.165, 1.54) is 0 Å². The summed E-state index contributed by atoms with van der Waals surface area (Å²) in [5.74, 6) is -0.343. The van der Waals surface area contributed by atoms with Gasteiger partial charge in [-0.2, -0.15) is 10.2 Å². The molecule has 0 atom stereocenters. The number of benzene rings is 3. The number of halogens is 1. The molecule has 0 aliphatic heterocycles. The van der Waals surface area contributed by atoms with E-state index in [0.29, 0.717) is 16.3 Å². The molecule has 0 spiro atoms. The van der Waals surface area contributed by atoms with Gasteiger partial charge in [-0.1, -0.05) is 72.3 Å². The molecule has 1 N–H and O–H groups in total. The molecule has 142 valence electrons. The van der Waals surface area contributed by atoms with Gasteiger partial charge in [-0.3, -0.25) is 4.79 Å². The van der Waals surface area contributed by atoms with E-state index in [4.69, 9.17) is 11.6 Å². The van der Waals surface area contributed by atoms with Gasteiger partial charge in [0.1, 0.15) is 5.69 Å². The minimum atomic E-state index is -0.343. The Kier molecular flexibility index (Phi) is 5.49. The van der Waals surface area contributed by atoms with E-state index in [9.17, 15) is 4.79 Å². The molecule has 1 aromatic heterocycles. The lowest BCUT2D eigenvalue weighted by molar-refractivity contribution is 0.0956. The van der Waals surface area contributed by atoms with Crippen LogP contribution >= 0.6 is 11.6 Å². The largest absolute Gasteiger partial charge is 0.275 e. The Morgan fingerprint density at radius 2 is 1.69 bits per heavy atom. The van der Waals surface area contributed by atoms with Crippen LogP contribution in [-0.2, 0) is 0 Å². The Morgan fingerprint density at radius 3 is 2.41 bits per heavy atom. The molecular weight excluding hydrogens is 384 g/mol. The summed E-state index contributed by atoms with van der Waals surface area (Å²) in [5.41, 5.74) is 6.11. The molecule has 0 bridgehead atoms. The van der Waals surface area contributed by atoms with Crippen LogP contribution < -0.4 is 5.43 Å². The summed E-state index contributed by atoms with van der Waals surface area (Å²) in [6.07, 6.45) is 3.26. The van der Waals surface area contributed by atoms with Crippen LogP contribution in [0.25, 0.3) is 16.9 Å². The minimum absolute atomic E-state index is 0.343. The number of carbonyl (C=O) groups excluding carboxylic acids is 1. The Labute approximate surface area is 173 Å². The first kappa shape index (κ1) is 18.7. The van der Waals surface area contributed by atoms with Crippen molar-refractivity contribution in [1.82, 2.24) is 15.2 Å². The Morgan fingerprint density at radius 1 is 0.966 bits per heavy atom. The average Bonchev–Trinajstić information content (AvgIpc) is 3.21. The average molecular weight is 401 g/mol. The molecular formula is C23H17ClN4O. The summed E-state index contributed by atoms with van der Waals surface area (Å²) in [5, 5.41) is 9.30. The SMILES string of the molecule is O=C(N/N=C/c1cccc(Cl)c1)c1cn(-c2ccccc2)nc1-c1ccccc1. The highest BCUT2D eigenvalue weighted by Crippen LogP contribution is 2.23. The van der Waals surface area contributed by atoms with E-state index in [2.05, 4.69) is 15.6 Å². The molecule has 1 heterocycles. The highest BCUT2D eigenvalue weighted by Gasteiger charge is 2.18. The number of hydrogen-bond acceptors (Lipinski definition) is 3. The molecule has 0 unspecified atom stereocenters. The van der Waals surface area contributed by atoms with Gasteiger partial charge in [-0.15, -0.1) is 0 Å². The third-order valence-corrected chi connectivity index (χ3v) is 4.49. The molecule has 6 heteroatoms. The zero-order valence-electron chi connectivity index (χ0n) is 15.4. The number of aromatic nitrogens is 2. The quantitative estimate of drug-likeness (QED) is 0.380. The second-order valence-corrected chi connectivity index (χ2v) is 6.73. The first-order valence-electron chi connectivity index (χ1n) is 9.00. The smallest absolute Gasteiger partial charge is 0.267 e. The van der Waals surface area contributed by atoms with Crippen LogP contribution in [0.4, 0.5) is 0 Å². The number of rotatable bonds is 5. The second-order valence-electron chi connectivity index (χ2n) is 6.29. The number of hydrogen-bond donors (Lipinski definition) is 1. The van der Waals surface area contributed by atoms with Gasteiger partial charge in [-0.05, 0) is 29.8 Å². The van der Waals surface area contributed by atoms with Crippen LogP contribution in [0, 0.1) is 0 Å². The number of nitrogens with zero attached hydrogens (tertiary/aromatic N) is 3. The molecule has 29 heavy (non-hydrogen) atoms. The van der Waals surface area contributed by atoms with Crippen LogP contribution in [0.1, 0.15) is 15.9 Å². The maximum absolute atomic E-state index is 12.8. The number of nitrogens with one attached hydrogen (secondary N) is 1. The summed E-state index contributed by atoms with van der Waals surface area (Å²) >= 11 is 5.97. The van der Waals surface area contributed by atoms with E-state index in [1.807, 2.05) is 72.8 Å². The lowest BCUT2D eigenvalue weighted by atomic mass is 10.1. The summed E-state index contributed by atoms with van der Waals surface area (Å²) in [7, 11) is 0. The van der Waals surface area contributed by atoms with Gasteiger partial charge in [0.25, 0.3) is 5.91 Å². The van der Waals surface area contributed by atoms with Gasteiger partial charge in [-0.25, -0.2) is 10.1 Å².